The molecule has 0 aromatic heterocycles. The van der Waals surface area contributed by atoms with E-state index in [1.165, 1.54) is 38.3 Å². The van der Waals surface area contributed by atoms with Crippen LogP contribution in [0.2, 0.25) is 0 Å². The molecule has 0 heterocycles. The summed E-state index contributed by atoms with van der Waals surface area (Å²) in [6.45, 7) is 2.22. The van der Waals surface area contributed by atoms with Crippen molar-refractivity contribution in [2.24, 2.45) is 0 Å². The van der Waals surface area contributed by atoms with Crippen LogP contribution < -0.4 is 0 Å². The smallest absolute Gasteiger partial charge is 0.361 e. The maximum absolute atomic E-state index is 8.86. The summed E-state index contributed by atoms with van der Waals surface area (Å²) in [4.78, 5) is 8.86. The predicted molar refractivity (Wildman–Crippen MR) is 59.2 cm³/mol. The molecule has 2 N–H and O–H groups in total. The lowest BCUT2D eigenvalue weighted by Gasteiger charge is -1.94. The van der Waals surface area contributed by atoms with Crippen LogP contribution in [0.4, 0.5) is 4.79 Å². The molecule has 13 heavy (non-hydrogen) atoms. The molecule has 0 aromatic rings. The number of carbonyl (C=O) groups is 1. The molecule has 0 fully saturated rings. The van der Waals surface area contributed by atoms with Gasteiger partial charge in [-0.25, -0.2) is 4.79 Å². The first-order valence-electron chi connectivity index (χ1n) is 4.56. The topological polar surface area (TPSA) is 61.2 Å². The molecular formula is C9H19NO2S. The van der Waals surface area contributed by atoms with Gasteiger partial charge < -0.3 is 10.5 Å². The summed E-state index contributed by atoms with van der Waals surface area (Å²) >= 11 is 2.88. The SMILES string of the molecule is CCCCCCCC=N.O=C(O)S. The third-order valence-corrected chi connectivity index (χ3v) is 1.45. The molecule has 0 spiro atoms. The zero-order valence-corrected chi connectivity index (χ0v) is 9.02. The van der Waals surface area contributed by atoms with Crippen LogP contribution in [0.25, 0.3) is 0 Å². The van der Waals surface area contributed by atoms with Crippen LogP contribution in [0.15, 0.2) is 0 Å². The van der Waals surface area contributed by atoms with Crippen LogP contribution in [0.1, 0.15) is 45.4 Å². The van der Waals surface area contributed by atoms with Crippen molar-refractivity contribution in [1.29, 1.82) is 5.41 Å². The molecule has 0 saturated carbocycles. The van der Waals surface area contributed by atoms with Crippen LogP contribution in [-0.2, 0) is 0 Å². The highest BCUT2D eigenvalue weighted by Gasteiger charge is 1.84. The molecule has 0 aromatic carbocycles. The highest BCUT2D eigenvalue weighted by molar-refractivity contribution is 7.96. The van der Waals surface area contributed by atoms with Crippen molar-refractivity contribution in [3.8, 4) is 0 Å². The van der Waals surface area contributed by atoms with E-state index in [-0.39, 0.29) is 0 Å². The van der Waals surface area contributed by atoms with Gasteiger partial charge in [0.15, 0.2) is 0 Å². The van der Waals surface area contributed by atoms with Crippen LogP contribution in [0.3, 0.4) is 0 Å². The lowest BCUT2D eigenvalue weighted by Crippen LogP contribution is -1.77. The number of unbranched alkanes of at least 4 members (excludes halogenated alkanes) is 5. The van der Waals surface area contributed by atoms with Crippen molar-refractivity contribution in [1.82, 2.24) is 0 Å². The second-order valence-electron chi connectivity index (χ2n) is 2.69. The van der Waals surface area contributed by atoms with Gasteiger partial charge in [0.2, 0.25) is 0 Å². The van der Waals surface area contributed by atoms with Gasteiger partial charge in [0.05, 0.1) is 0 Å². The molecule has 0 aliphatic rings. The van der Waals surface area contributed by atoms with E-state index in [4.69, 9.17) is 15.3 Å². The Morgan fingerprint density at radius 1 is 1.38 bits per heavy atom. The van der Waals surface area contributed by atoms with Gasteiger partial charge in [-0.3, -0.25) is 0 Å². The van der Waals surface area contributed by atoms with Gasteiger partial charge in [0.1, 0.15) is 0 Å². The Bertz CT molecular complexity index is 125. The van der Waals surface area contributed by atoms with Crippen LogP contribution in [0, 0.1) is 5.41 Å². The first-order valence-corrected chi connectivity index (χ1v) is 5.00. The molecule has 0 bridgehead atoms. The first kappa shape index (κ1) is 15.0. The van der Waals surface area contributed by atoms with Crippen molar-refractivity contribution in [2.45, 2.75) is 45.4 Å². The molecule has 0 amide bonds. The zero-order valence-electron chi connectivity index (χ0n) is 8.12. The Morgan fingerprint density at radius 3 is 2.23 bits per heavy atom. The van der Waals surface area contributed by atoms with Gasteiger partial charge in [0.25, 0.3) is 0 Å². The van der Waals surface area contributed by atoms with E-state index >= 15 is 0 Å². The van der Waals surface area contributed by atoms with E-state index in [2.05, 4.69) is 19.6 Å². The third-order valence-electron chi connectivity index (χ3n) is 1.45. The molecule has 78 valence electrons. The summed E-state index contributed by atoms with van der Waals surface area (Å²) in [7, 11) is 0. The number of hydrogen-bond acceptors (Lipinski definition) is 2. The van der Waals surface area contributed by atoms with E-state index in [9.17, 15) is 0 Å². The fourth-order valence-electron chi connectivity index (χ4n) is 0.850. The summed E-state index contributed by atoms with van der Waals surface area (Å²) in [5, 5.41) is 12.9. The summed E-state index contributed by atoms with van der Waals surface area (Å²) in [6, 6.07) is 0. The van der Waals surface area contributed by atoms with Crippen molar-refractivity contribution in [3.05, 3.63) is 0 Å². The Labute approximate surface area is 85.5 Å². The molecular weight excluding hydrogens is 186 g/mol. The second kappa shape index (κ2) is 14.0. The fraction of sp³-hybridized carbons (Fsp3) is 0.778. The van der Waals surface area contributed by atoms with Crippen molar-refractivity contribution in [3.63, 3.8) is 0 Å². The van der Waals surface area contributed by atoms with E-state index < -0.39 is 5.30 Å². The molecule has 0 aliphatic carbocycles. The molecule has 0 saturated heterocycles. The quantitative estimate of drug-likeness (QED) is 0.352. The normalized spacial score (nSPS) is 8.46. The average molecular weight is 205 g/mol. The van der Waals surface area contributed by atoms with Gasteiger partial charge >= 0.3 is 5.30 Å². The summed E-state index contributed by atoms with van der Waals surface area (Å²) < 4.78 is 0. The minimum Gasteiger partial charge on any atom is -0.473 e. The summed E-state index contributed by atoms with van der Waals surface area (Å²) in [6.07, 6.45) is 9.02. The van der Waals surface area contributed by atoms with Crippen molar-refractivity contribution < 1.29 is 9.90 Å². The monoisotopic (exact) mass is 205 g/mol. The maximum atomic E-state index is 8.86. The first-order chi connectivity index (χ1) is 6.15. The van der Waals surface area contributed by atoms with Gasteiger partial charge in [-0.15, -0.1) is 0 Å². The van der Waals surface area contributed by atoms with E-state index in [1.807, 2.05) is 0 Å². The van der Waals surface area contributed by atoms with Crippen molar-refractivity contribution in [2.75, 3.05) is 0 Å². The van der Waals surface area contributed by atoms with Crippen LogP contribution >= 0.6 is 12.6 Å². The Morgan fingerprint density at radius 2 is 1.85 bits per heavy atom. The van der Waals surface area contributed by atoms with E-state index in [0.717, 1.165) is 6.42 Å². The van der Waals surface area contributed by atoms with Gasteiger partial charge in [0, 0.05) is 0 Å². The number of rotatable bonds is 6. The average Bonchev–Trinajstić information content (AvgIpc) is 2.03. The van der Waals surface area contributed by atoms with Gasteiger partial charge in [-0.05, 0) is 19.1 Å². The molecule has 0 radical (unpaired) electrons. The largest absolute Gasteiger partial charge is 0.473 e. The number of nitrogens with one attached hydrogen (secondary N) is 1. The summed E-state index contributed by atoms with van der Waals surface area (Å²) in [5.74, 6) is 0. The lowest BCUT2D eigenvalue weighted by atomic mass is 10.1. The Kier molecular flexibility index (Phi) is 16.2. The molecule has 3 nitrogen and oxygen atoms in total. The van der Waals surface area contributed by atoms with Crippen LogP contribution in [0.5, 0.6) is 0 Å². The highest BCUT2D eigenvalue weighted by Crippen LogP contribution is 2.02. The summed E-state index contributed by atoms with van der Waals surface area (Å²) in [5.41, 5.74) is 0. The van der Waals surface area contributed by atoms with Gasteiger partial charge in [-0.1, -0.05) is 45.2 Å². The predicted octanol–water partition coefficient (Wildman–Crippen LogP) is 3.59. The fourth-order valence-corrected chi connectivity index (χ4v) is 0.850. The van der Waals surface area contributed by atoms with E-state index in [1.54, 1.807) is 0 Å². The minimum atomic E-state index is -1.14. The molecule has 0 unspecified atom stereocenters. The standard InChI is InChI=1S/C8H17N.CH2O2S/c1-2-3-4-5-6-7-8-9;2-1(3)4/h8-9H,2-7H2,1H3;4H,(H,2,3). The van der Waals surface area contributed by atoms with Crippen LogP contribution in [-0.4, -0.2) is 16.6 Å². The molecule has 0 rings (SSSR count). The second-order valence-corrected chi connectivity index (χ2v) is 3.07. The Hall–Kier alpha value is -0.510. The number of carboxylic acid groups (broad SMARTS) is 1. The zero-order chi connectivity index (χ0) is 10.5. The molecule has 0 aliphatic heterocycles. The maximum Gasteiger partial charge on any atom is 0.361 e. The van der Waals surface area contributed by atoms with E-state index in [0.29, 0.717) is 0 Å². The van der Waals surface area contributed by atoms with Crippen molar-refractivity contribution >= 4 is 24.1 Å². The number of hydrogen-bond donors (Lipinski definition) is 3. The highest BCUT2D eigenvalue weighted by atomic mass is 32.1. The molecule has 0 atom stereocenters. The third kappa shape index (κ3) is 34.3. The molecule has 4 heteroatoms. The lowest BCUT2D eigenvalue weighted by molar-refractivity contribution is 0.222. The Balaban J connectivity index is 0. The number of thiol groups is 1. The van der Waals surface area contributed by atoms with Gasteiger partial charge in [-0.2, -0.15) is 0 Å². The minimum absolute atomic E-state index is 0.976.